The smallest absolute Gasteiger partial charge is 0.338 e. The molecule has 1 heterocycles. The van der Waals surface area contributed by atoms with Crippen molar-refractivity contribution >= 4 is 17.9 Å². The van der Waals surface area contributed by atoms with E-state index in [1.165, 1.54) is 20.3 Å². The van der Waals surface area contributed by atoms with Gasteiger partial charge in [0.15, 0.2) is 0 Å². The van der Waals surface area contributed by atoms with E-state index in [9.17, 15) is 19.5 Å². The van der Waals surface area contributed by atoms with E-state index >= 15 is 0 Å². The van der Waals surface area contributed by atoms with Crippen LogP contribution in [-0.4, -0.2) is 33.0 Å². The second kappa shape index (κ2) is 8.98. The summed E-state index contributed by atoms with van der Waals surface area (Å²) in [7, 11) is 2.68. The number of hydrogen-bond acceptors (Lipinski definition) is 6. The van der Waals surface area contributed by atoms with Gasteiger partial charge in [-0.15, -0.1) is 0 Å². The highest BCUT2D eigenvalue weighted by atomic mass is 16.5. The number of ether oxygens (including phenoxy) is 1. The zero-order valence-electron chi connectivity index (χ0n) is 15.6. The van der Waals surface area contributed by atoms with Crippen molar-refractivity contribution in [2.45, 2.75) is 26.2 Å². The molecule has 0 aliphatic rings. The molecule has 0 bridgehead atoms. The lowest BCUT2D eigenvalue weighted by Crippen LogP contribution is -2.38. The minimum atomic E-state index is -0.647. The van der Waals surface area contributed by atoms with Gasteiger partial charge in [-0.25, -0.2) is 9.59 Å². The van der Waals surface area contributed by atoms with Gasteiger partial charge in [-0.05, 0) is 30.7 Å². The van der Waals surface area contributed by atoms with Crippen LogP contribution in [-0.2, 0) is 18.8 Å². The Bertz CT molecular complexity index is 955. The lowest BCUT2D eigenvalue weighted by atomic mass is 10.2. The maximum Gasteiger partial charge on any atom is 0.338 e. The largest absolute Gasteiger partial charge is 0.494 e. The van der Waals surface area contributed by atoms with E-state index in [-0.39, 0.29) is 5.56 Å². The molecular formula is C19H23N3O5. The highest BCUT2D eigenvalue weighted by Crippen LogP contribution is 2.15. The Hall–Kier alpha value is -3.16. The van der Waals surface area contributed by atoms with Crippen LogP contribution in [0.4, 0.5) is 5.69 Å². The molecule has 1 N–H and O–H groups in total. The summed E-state index contributed by atoms with van der Waals surface area (Å²) in [6.45, 7) is 2.47. The van der Waals surface area contributed by atoms with E-state index < -0.39 is 23.1 Å². The third-order valence-electron chi connectivity index (χ3n) is 4.09. The molecule has 1 aromatic carbocycles. The minimum absolute atomic E-state index is 0.0981. The lowest BCUT2D eigenvalue weighted by Gasteiger charge is -2.07. The van der Waals surface area contributed by atoms with Gasteiger partial charge in [-0.3, -0.25) is 18.9 Å². The maximum atomic E-state index is 12.1. The standard InChI is InChI=1S/C19H23N3O5/c1-4-5-6-11-27-18(25)13-7-9-14(10-8-13)20-12-15-16(23)21(2)19(26)22(3)17(15)24/h7-10,12,23H,4-6,11H2,1-3H3. The summed E-state index contributed by atoms with van der Waals surface area (Å²) < 4.78 is 7.03. The van der Waals surface area contributed by atoms with Crippen molar-refractivity contribution in [1.29, 1.82) is 0 Å². The van der Waals surface area contributed by atoms with Crippen molar-refractivity contribution in [1.82, 2.24) is 9.13 Å². The molecular weight excluding hydrogens is 350 g/mol. The van der Waals surface area contributed by atoms with Crippen LogP contribution in [0.2, 0.25) is 0 Å². The first-order valence-electron chi connectivity index (χ1n) is 8.67. The van der Waals surface area contributed by atoms with Crippen LogP contribution >= 0.6 is 0 Å². The van der Waals surface area contributed by atoms with Crippen LogP contribution in [0.5, 0.6) is 5.88 Å². The second-order valence-corrected chi connectivity index (χ2v) is 6.09. The van der Waals surface area contributed by atoms with Crippen molar-refractivity contribution < 1.29 is 14.6 Å². The van der Waals surface area contributed by atoms with Crippen molar-refractivity contribution in [3.63, 3.8) is 0 Å². The van der Waals surface area contributed by atoms with Crippen molar-refractivity contribution in [2.24, 2.45) is 19.1 Å². The van der Waals surface area contributed by atoms with E-state index in [4.69, 9.17) is 4.74 Å². The Morgan fingerprint density at radius 3 is 2.44 bits per heavy atom. The molecule has 1 aromatic heterocycles. The normalized spacial score (nSPS) is 11.1. The average Bonchev–Trinajstić information content (AvgIpc) is 2.68. The first-order chi connectivity index (χ1) is 12.9. The number of unbranched alkanes of at least 4 members (excludes halogenated alkanes) is 2. The number of aliphatic imine (C=N–C) groups is 1. The van der Waals surface area contributed by atoms with Gasteiger partial charge in [0.25, 0.3) is 5.56 Å². The summed E-state index contributed by atoms with van der Waals surface area (Å²) in [6, 6.07) is 6.35. The fraction of sp³-hybridized carbons (Fsp3) is 0.368. The molecule has 8 nitrogen and oxygen atoms in total. The van der Waals surface area contributed by atoms with Crippen molar-refractivity contribution in [3.8, 4) is 5.88 Å². The third-order valence-corrected chi connectivity index (χ3v) is 4.09. The van der Waals surface area contributed by atoms with Gasteiger partial charge in [-0.1, -0.05) is 19.8 Å². The quantitative estimate of drug-likeness (QED) is 0.453. The molecule has 0 saturated carbocycles. The molecule has 2 aromatic rings. The molecule has 0 fully saturated rings. The highest BCUT2D eigenvalue weighted by molar-refractivity contribution is 5.90. The fourth-order valence-corrected chi connectivity index (χ4v) is 2.40. The SMILES string of the molecule is CCCCCOC(=O)c1ccc(N=Cc2c(O)n(C)c(=O)n(C)c2=O)cc1. The summed E-state index contributed by atoms with van der Waals surface area (Å²) >= 11 is 0. The molecule has 0 aliphatic heterocycles. The average molecular weight is 373 g/mol. The van der Waals surface area contributed by atoms with Gasteiger partial charge in [0.2, 0.25) is 5.88 Å². The van der Waals surface area contributed by atoms with Crippen LogP contribution in [0.25, 0.3) is 0 Å². The first kappa shape index (κ1) is 20.2. The number of hydrogen-bond donors (Lipinski definition) is 1. The highest BCUT2D eigenvalue weighted by Gasteiger charge is 2.13. The Morgan fingerprint density at radius 1 is 1.15 bits per heavy atom. The molecule has 8 heteroatoms. The van der Waals surface area contributed by atoms with E-state index in [1.54, 1.807) is 24.3 Å². The number of carbonyl (C=O) groups excluding carboxylic acids is 1. The molecule has 0 aliphatic carbocycles. The fourth-order valence-electron chi connectivity index (χ4n) is 2.40. The van der Waals surface area contributed by atoms with Gasteiger partial charge in [0.05, 0.1) is 17.9 Å². The molecule has 0 spiro atoms. The number of aromatic hydroxyl groups is 1. The number of nitrogens with zero attached hydrogens (tertiary/aromatic N) is 3. The predicted molar refractivity (Wildman–Crippen MR) is 102 cm³/mol. The Morgan fingerprint density at radius 2 is 1.81 bits per heavy atom. The zero-order valence-corrected chi connectivity index (χ0v) is 15.6. The number of rotatable bonds is 7. The van der Waals surface area contributed by atoms with Crippen molar-refractivity contribution in [3.05, 3.63) is 56.2 Å². The first-order valence-corrected chi connectivity index (χ1v) is 8.67. The lowest BCUT2D eigenvalue weighted by molar-refractivity contribution is 0.0498. The van der Waals surface area contributed by atoms with E-state index in [2.05, 4.69) is 11.9 Å². The maximum absolute atomic E-state index is 12.1. The molecule has 0 amide bonds. The van der Waals surface area contributed by atoms with Crippen LogP contribution < -0.4 is 11.2 Å². The molecule has 0 atom stereocenters. The van der Waals surface area contributed by atoms with E-state index in [0.29, 0.717) is 17.9 Å². The van der Waals surface area contributed by atoms with Gasteiger partial charge >= 0.3 is 11.7 Å². The van der Waals surface area contributed by atoms with E-state index in [1.807, 2.05) is 0 Å². The molecule has 27 heavy (non-hydrogen) atoms. The second-order valence-electron chi connectivity index (χ2n) is 6.09. The summed E-state index contributed by atoms with van der Waals surface area (Å²) in [6.07, 6.45) is 4.09. The van der Waals surface area contributed by atoms with Crippen LogP contribution in [0.15, 0.2) is 38.8 Å². The number of benzene rings is 1. The van der Waals surface area contributed by atoms with Gasteiger partial charge < -0.3 is 9.84 Å². The topological polar surface area (TPSA) is 103 Å². The Balaban J connectivity index is 2.15. The van der Waals surface area contributed by atoms with Gasteiger partial charge in [0.1, 0.15) is 5.56 Å². The number of carbonyl (C=O) groups is 1. The zero-order chi connectivity index (χ0) is 20.0. The van der Waals surface area contributed by atoms with Crippen LogP contribution in [0.1, 0.15) is 42.1 Å². The molecule has 0 saturated heterocycles. The Labute approximate surface area is 156 Å². The summed E-state index contributed by atoms with van der Waals surface area (Å²) in [4.78, 5) is 39.9. The summed E-state index contributed by atoms with van der Waals surface area (Å²) in [5.41, 5.74) is -0.485. The number of esters is 1. The monoisotopic (exact) mass is 373 g/mol. The van der Waals surface area contributed by atoms with Crippen molar-refractivity contribution in [2.75, 3.05) is 6.61 Å². The van der Waals surface area contributed by atoms with E-state index in [0.717, 1.165) is 28.4 Å². The Kier molecular flexibility index (Phi) is 6.70. The summed E-state index contributed by atoms with van der Waals surface area (Å²) in [5.74, 6) is -0.856. The van der Waals surface area contributed by atoms with Gasteiger partial charge in [0, 0.05) is 20.3 Å². The van der Waals surface area contributed by atoms with Gasteiger partial charge in [-0.2, -0.15) is 0 Å². The predicted octanol–water partition coefficient (Wildman–Crippen LogP) is 1.89. The number of aromatic nitrogens is 2. The van der Waals surface area contributed by atoms with Crippen LogP contribution in [0.3, 0.4) is 0 Å². The molecule has 2 rings (SSSR count). The molecule has 0 unspecified atom stereocenters. The summed E-state index contributed by atoms with van der Waals surface area (Å²) in [5, 5.41) is 10.00. The third kappa shape index (κ3) is 4.72. The van der Waals surface area contributed by atoms with Crippen LogP contribution in [0, 0.1) is 0 Å². The molecule has 144 valence electrons. The molecule has 0 radical (unpaired) electrons. The minimum Gasteiger partial charge on any atom is -0.494 e.